The lowest BCUT2D eigenvalue weighted by Crippen LogP contribution is -2.22. The van der Waals surface area contributed by atoms with Crippen molar-refractivity contribution < 1.29 is 14.6 Å². The number of aliphatic hydroxyl groups is 1. The van der Waals surface area contributed by atoms with Crippen molar-refractivity contribution in [1.29, 1.82) is 0 Å². The van der Waals surface area contributed by atoms with E-state index in [1.165, 1.54) is 6.92 Å². The van der Waals surface area contributed by atoms with E-state index in [2.05, 4.69) is 0 Å². The molecule has 0 radical (unpaired) electrons. The van der Waals surface area contributed by atoms with Gasteiger partial charge in [0.05, 0.1) is 6.61 Å². The summed E-state index contributed by atoms with van der Waals surface area (Å²) in [6, 6.07) is 0. The third-order valence-electron chi connectivity index (χ3n) is 0.859. The van der Waals surface area contributed by atoms with Gasteiger partial charge in [-0.15, -0.1) is 0 Å². The summed E-state index contributed by atoms with van der Waals surface area (Å²) >= 11 is 0. The van der Waals surface area contributed by atoms with Gasteiger partial charge >= 0.3 is 0 Å². The molecule has 62 valence electrons. The largest absolute Gasteiger partial charge is 0.368 e. The van der Waals surface area contributed by atoms with Crippen molar-refractivity contribution in [2.24, 2.45) is 5.73 Å². The van der Waals surface area contributed by atoms with Crippen molar-refractivity contribution in [3.05, 3.63) is 0 Å². The highest BCUT2D eigenvalue weighted by atomic mass is 16.7. The van der Waals surface area contributed by atoms with Crippen molar-refractivity contribution in [3.63, 3.8) is 0 Å². The van der Waals surface area contributed by atoms with Gasteiger partial charge in [0, 0.05) is 6.54 Å². The van der Waals surface area contributed by atoms with Crippen LogP contribution in [-0.4, -0.2) is 30.8 Å². The third kappa shape index (κ3) is 5.97. The Morgan fingerprint density at radius 1 is 1.50 bits per heavy atom. The van der Waals surface area contributed by atoms with Crippen LogP contribution < -0.4 is 5.73 Å². The third-order valence-corrected chi connectivity index (χ3v) is 0.859. The SMILES string of the molecule is CC(O)OC(C)OCCN. The van der Waals surface area contributed by atoms with E-state index in [0.717, 1.165) is 0 Å². The molecule has 0 saturated carbocycles. The van der Waals surface area contributed by atoms with Gasteiger partial charge in [-0.3, -0.25) is 0 Å². The number of hydrogen-bond acceptors (Lipinski definition) is 4. The topological polar surface area (TPSA) is 64.7 Å². The van der Waals surface area contributed by atoms with Gasteiger partial charge in [-0.05, 0) is 13.8 Å². The zero-order chi connectivity index (χ0) is 7.98. The summed E-state index contributed by atoms with van der Waals surface area (Å²) < 4.78 is 9.82. The van der Waals surface area contributed by atoms with Gasteiger partial charge in [0.25, 0.3) is 0 Å². The summed E-state index contributed by atoms with van der Waals surface area (Å²) in [5.74, 6) is 0. The maximum atomic E-state index is 8.69. The molecule has 2 unspecified atom stereocenters. The second-order valence-electron chi connectivity index (χ2n) is 1.96. The van der Waals surface area contributed by atoms with Gasteiger partial charge in [-0.25, -0.2) is 0 Å². The molecule has 0 saturated heterocycles. The normalized spacial score (nSPS) is 16.8. The molecule has 4 nitrogen and oxygen atoms in total. The smallest absolute Gasteiger partial charge is 0.157 e. The monoisotopic (exact) mass is 149 g/mol. The number of rotatable bonds is 5. The molecular formula is C6H15NO3. The van der Waals surface area contributed by atoms with Crippen LogP contribution in [0.3, 0.4) is 0 Å². The Labute approximate surface area is 60.9 Å². The predicted molar refractivity (Wildman–Crippen MR) is 37.2 cm³/mol. The maximum absolute atomic E-state index is 8.69. The molecule has 0 aliphatic carbocycles. The van der Waals surface area contributed by atoms with Crippen LogP contribution in [0.25, 0.3) is 0 Å². The van der Waals surface area contributed by atoms with Crippen LogP contribution in [0.1, 0.15) is 13.8 Å². The first kappa shape index (κ1) is 9.84. The lowest BCUT2D eigenvalue weighted by atomic mass is 10.6. The van der Waals surface area contributed by atoms with Crippen LogP contribution in [0.4, 0.5) is 0 Å². The van der Waals surface area contributed by atoms with E-state index in [1.807, 2.05) is 0 Å². The van der Waals surface area contributed by atoms with E-state index in [4.69, 9.17) is 20.3 Å². The number of aliphatic hydroxyl groups excluding tert-OH is 1. The first-order valence-electron chi connectivity index (χ1n) is 3.32. The van der Waals surface area contributed by atoms with Crippen molar-refractivity contribution in [3.8, 4) is 0 Å². The Balaban J connectivity index is 3.16. The van der Waals surface area contributed by atoms with E-state index in [-0.39, 0.29) is 6.29 Å². The van der Waals surface area contributed by atoms with Crippen LogP contribution >= 0.6 is 0 Å². The van der Waals surface area contributed by atoms with Crippen molar-refractivity contribution in [1.82, 2.24) is 0 Å². The quantitative estimate of drug-likeness (QED) is 0.525. The first-order chi connectivity index (χ1) is 4.66. The average molecular weight is 149 g/mol. The van der Waals surface area contributed by atoms with E-state index in [9.17, 15) is 0 Å². The highest BCUT2D eigenvalue weighted by Gasteiger charge is 2.03. The zero-order valence-corrected chi connectivity index (χ0v) is 6.41. The zero-order valence-electron chi connectivity index (χ0n) is 6.41. The Bertz CT molecular complexity index is 77.4. The predicted octanol–water partition coefficient (Wildman–Crippen LogP) is -0.337. The van der Waals surface area contributed by atoms with Gasteiger partial charge in [0.2, 0.25) is 0 Å². The average Bonchev–Trinajstić information content (AvgIpc) is 1.82. The standard InChI is InChI=1S/C6H15NO3/c1-5(8)10-6(2)9-4-3-7/h5-6,8H,3-4,7H2,1-2H3. The van der Waals surface area contributed by atoms with E-state index < -0.39 is 6.29 Å². The molecule has 0 amide bonds. The molecule has 0 aromatic carbocycles. The minimum atomic E-state index is -0.784. The second kappa shape index (κ2) is 5.61. The van der Waals surface area contributed by atoms with Crippen LogP contribution in [-0.2, 0) is 9.47 Å². The number of nitrogens with two attached hydrogens (primary N) is 1. The Hall–Kier alpha value is -0.160. The molecular weight excluding hydrogens is 134 g/mol. The number of hydrogen-bond donors (Lipinski definition) is 2. The van der Waals surface area contributed by atoms with E-state index >= 15 is 0 Å². The summed E-state index contributed by atoms with van der Waals surface area (Å²) in [6.07, 6.45) is -1.17. The van der Waals surface area contributed by atoms with Crippen LogP contribution in [0.2, 0.25) is 0 Å². The molecule has 0 aromatic rings. The highest BCUT2D eigenvalue weighted by molar-refractivity contribution is 4.35. The van der Waals surface area contributed by atoms with Gasteiger partial charge in [0.1, 0.15) is 0 Å². The Morgan fingerprint density at radius 3 is 2.50 bits per heavy atom. The van der Waals surface area contributed by atoms with Gasteiger partial charge < -0.3 is 20.3 Å². The molecule has 0 rings (SSSR count). The number of ether oxygens (including phenoxy) is 2. The molecule has 0 spiro atoms. The van der Waals surface area contributed by atoms with Gasteiger partial charge in [-0.1, -0.05) is 0 Å². The van der Waals surface area contributed by atoms with Gasteiger partial charge in [-0.2, -0.15) is 0 Å². The molecule has 0 fully saturated rings. The van der Waals surface area contributed by atoms with E-state index in [1.54, 1.807) is 6.92 Å². The highest BCUT2D eigenvalue weighted by Crippen LogP contribution is 1.95. The van der Waals surface area contributed by atoms with Crippen LogP contribution in [0.5, 0.6) is 0 Å². The Kier molecular flexibility index (Phi) is 5.52. The summed E-state index contributed by atoms with van der Waals surface area (Å²) in [5.41, 5.74) is 5.16. The minimum Gasteiger partial charge on any atom is -0.368 e. The van der Waals surface area contributed by atoms with Gasteiger partial charge in [0.15, 0.2) is 12.6 Å². The Morgan fingerprint density at radius 2 is 2.10 bits per heavy atom. The lowest BCUT2D eigenvalue weighted by Gasteiger charge is -2.14. The van der Waals surface area contributed by atoms with Crippen molar-refractivity contribution >= 4 is 0 Å². The molecule has 0 bridgehead atoms. The van der Waals surface area contributed by atoms with Crippen molar-refractivity contribution in [2.45, 2.75) is 26.4 Å². The van der Waals surface area contributed by atoms with E-state index in [0.29, 0.717) is 13.2 Å². The fourth-order valence-electron chi connectivity index (χ4n) is 0.551. The summed E-state index contributed by atoms with van der Waals surface area (Å²) in [6.45, 7) is 4.16. The summed E-state index contributed by atoms with van der Waals surface area (Å²) in [7, 11) is 0. The molecule has 0 aromatic heterocycles. The minimum absolute atomic E-state index is 0.386. The fourth-order valence-corrected chi connectivity index (χ4v) is 0.551. The molecule has 0 aliphatic heterocycles. The fraction of sp³-hybridized carbons (Fsp3) is 1.00. The second-order valence-corrected chi connectivity index (χ2v) is 1.96. The lowest BCUT2D eigenvalue weighted by molar-refractivity contribution is -0.212. The van der Waals surface area contributed by atoms with Crippen LogP contribution in [0.15, 0.2) is 0 Å². The van der Waals surface area contributed by atoms with Crippen molar-refractivity contribution in [2.75, 3.05) is 13.2 Å². The molecule has 0 aliphatic rings. The first-order valence-corrected chi connectivity index (χ1v) is 3.32. The molecule has 0 heterocycles. The molecule has 10 heavy (non-hydrogen) atoms. The maximum Gasteiger partial charge on any atom is 0.157 e. The summed E-state index contributed by atoms with van der Waals surface area (Å²) in [5, 5.41) is 8.69. The molecule has 3 N–H and O–H groups in total. The van der Waals surface area contributed by atoms with Crippen LogP contribution in [0, 0.1) is 0 Å². The molecule has 4 heteroatoms. The molecule has 2 atom stereocenters. The summed E-state index contributed by atoms with van der Waals surface area (Å²) in [4.78, 5) is 0.